The standard InChI is InChI=1S/C19H19FN2O4S/c1-12(2)18(13-7-9-14(20)10-8-13)21-17(23)11-22-19(24)15-5-3-4-6-16(15)27(22,25)26/h3-10,12,18H,11H2,1-2H3,(H,21,23). The Morgan fingerprint density at radius 3 is 2.33 bits per heavy atom. The van der Waals surface area contributed by atoms with Crippen molar-refractivity contribution in [1.82, 2.24) is 9.62 Å². The van der Waals surface area contributed by atoms with Crippen LogP contribution in [-0.4, -0.2) is 31.1 Å². The van der Waals surface area contributed by atoms with Gasteiger partial charge in [-0.15, -0.1) is 0 Å². The van der Waals surface area contributed by atoms with E-state index < -0.39 is 34.4 Å². The van der Waals surface area contributed by atoms with Gasteiger partial charge in [-0.2, -0.15) is 0 Å². The molecular formula is C19H19FN2O4S. The van der Waals surface area contributed by atoms with E-state index in [0.717, 1.165) is 0 Å². The van der Waals surface area contributed by atoms with Crippen molar-refractivity contribution in [2.75, 3.05) is 6.54 Å². The third-order valence-electron chi connectivity index (χ3n) is 4.41. The number of carbonyl (C=O) groups excluding carboxylic acids is 2. The van der Waals surface area contributed by atoms with Crippen molar-refractivity contribution in [2.45, 2.75) is 24.8 Å². The van der Waals surface area contributed by atoms with Gasteiger partial charge in [0, 0.05) is 0 Å². The van der Waals surface area contributed by atoms with Crippen LogP contribution in [0, 0.1) is 11.7 Å². The van der Waals surface area contributed by atoms with Gasteiger partial charge in [0.05, 0.1) is 11.6 Å². The Bertz CT molecular complexity index is 987. The summed E-state index contributed by atoms with van der Waals surface area (Å²) < 4.78 is 38.8. The fourth-order valence-corrected chi connectivity index (χ4v) is 4.57. The van der Waals surface area contributed by atoms with Gasteiger partial charge in [-0.3, -0.25) is 9.59 Å². The van der Waals surface area contributed by atoms with Crippen molar-refractivity contribution in [2.24, 2.45) is 5.92 Å². The van der Waals surface area contributed by atoms with Crippen LogP contribution in [0.1, 0.15) is 35.8 Å². The fraction of sp³-hybridized carbons (Fsp3) is 0.263. The predicted octanol–water partition coefficient (Wildman–Crippen LogP) is 2.48. The Morgan fingerprint density at radius 2 is 1.74 bits per heavy atom. The number of benzene rings is 2. The highest BCUT2D eigenvalue weighted by atomic mass is 32.2. The highest BCUT2D eigenvalue weighted by molar-refractivity contribution is 7.90. The van der Waals surface area contributed by atoms with Crippen molar-refractivity contribution in [1.29, 1.82) is 0 Å². The van der Waals surface area contributed by atoms with Crippen LogP contribution in [0.5, 0.6) is 0 Å². The highest BCUT2D eigenvalue weighted by Crippen LogP contribution is 2.30. The van der Waals surface area contributed by atoms with Crippen LogP contribution < -0.4 is 5.32 Å². The van der Waals surface area contributed by atoms with Crippen LogP contribution in [0.3, 0.4) is 0 Å². The molecule has 1 aliphatic heterocycles. The summed E-state index contributed by atoms with van der Waals surface area (Å²) >= 11 is 0. The predicted molar refractivity (Wildman–Crippen MR) is 96.8 cm³/mol. The molecule has 1 unspecified atom stereocenters. The molecule has 1 heterocycles. The number of carbonyl (C=O) groups is 2. The van der Waals surface area contributed by atoms with Crippen LogP contribution in [-0.2, 0) is 14.8 Å². The largest absolute Gasteiger partial charge is 0.347 e. The molecule has 0 bridgehead atoms. The maximum atomic E-state index is 13.1. The van der Waals surface area contributed by atoms with E-state index in [9.17, 15) is 22.4 Å². The van der Waals surface area contributed by atoms with Gasteiger partial charge >= 0.3 is 0 Å². The van der Waals surface area contributed by atoms with E-state index in [-0.39, 0.29) is 22.2 Å². The molecule has 2 amide bonds. The van der Waals surface area contributed by atoms with Crippen molar-refractivity contribution < 1.29 is 22.4 Å². The van der Waals surface area contributed by atoms with E-state index in [4.69, 9.17) is 0 Å². The van der Waals surface area contributed by atoms with E-state index in [1.54, 1.807) is 18.2 Å². The summed E-state index contributed by atoms with van der Waals surface area (Å²) in [5, 5.41) is 2.74. The first kappa shape index (κ1) is 19.0. The van der Waals surface area contributed by atoms with Gasteiger partial charge in [0.1, 0.15) is 17.3 Å². The van der Waals surface area contributed by atoms with E-state index in [0.29, 0.717) is 9.87 Å². The molecule has 0 aromatic heterocycles. The molecule has 0 saturated carbocycles. The van der Waals surface area contributed by atoms with Gasteiger partial charge in [-0.1, -0.05) is 38.1 Å². The Balaban J connectivity index is 1.79. The first-order chi connectivity index (χ1) is 12.7. The van der Waals surface area contributed by atoms with E-state index in [1.165, 1.54) is 30.3 Å². The molecule has 0 fully saturated rings. The van der Waals surface area contributed by atoms with Gasteiger partial charge in [0.15, 0.2) is 0 Å². The van der Waals surface area contributed by atoms with Crippen LogP contribution in [0.25, 0.3) is 0 Å². The van der Waals surface area contributed by atoms with Crippen LogP contribution >= 0.6 is 0 Å². The molecule has 6 nitrogen and oxygen atoms in total. The smallest absolute Gasteiger partial charge is 0.269 e. The van der Waals surface area contributed by atoms with Gasteiger partial charge in [-0.25, -0.2) is 17.1 Å². The van der Waals surface area contributed by atoms with Gasteiger partial charge in [0.2, 0.25) is 5.91 Å². The average Bonchev–Trinajstić information content (AvgIpc) is 2.82. The molecule has 2 aromatic rings. The second-order valence-corrected chi connectivity index (χ2v) is 8.48. The van der Waals surface area contributed by atoms with Gasteiger partial charge in [-0.05, 0) is 35.7 Å². The number of nitrogens with one attached hydrogen (secondary N) is 1. The summed E-state index contributed by atoms with van der Waals surface area (Å²) in [6.07, 6.45) is 0. The molecule has 0 spiro atoms. The Hall–Kier alpha value is -2.74. The lowest BCUT2D eigenvalue weighted by Crippen LogP contribution is -2.42. The molecule has 3 rings (SSSR count). The zero-order valence-electron chi connectivity index (χ0n) is 14.8. The minimum atomic E-state index is -4.04. The summed E-state index contributed by atoms with van der Waals surface area (Å²) in [7, 11) is -4.04. The summed E-state index contributed by atoms with van der Waals surface area (Å²) in [6, 6.07) is 11.1. The summed E-state index contributed by atoms with van der Waals surface area (Å²) in [6.45, 7) is 3.14. The second-order valence-electron chi connectivity index (χ2n) is 6.65. The van der Waals surface area contributed by atoms with Crippen molar-refractivity contribution in [3.63, 3.8) is 0 Å². The molecule has 27 heavy (non-hydrogen) atoms. The molecule has 0 saturated heterocycles. The summed E-state index contributed by atoms with van der Waals surface area (Å²) in [5.41, 5.74) is 0.753. The normalized spacial score (nSPS) is 16.3. The molecule has 0 radical (unpaired) electrons. The number of nitrogens with zero attached hydrogens (tertiary/aromatic N) is 1. The molecule has 8 heteroatoms. The average molecular weight is 390 g/mol. The molecule has 1 aliphatic rings. The Morgan fingerprint density at radius 1 is 1.11 bits per heavy atom. The number of hydrogen-bond donors (Lipinski definition) is 1. The monoisotopic (exact) mass is 390 g/mol. The van der Waals surface area contributed by atoms with Gasteiger partial charge in [0.25, 0.3) is 15.9 Å². The zero-order valence-corrected chi connectivity index (χ0v) is 15.7. The SMILES string of the molecule is CC(C)C(NC(=O)CN1C(=O)c2ccccc2S1(=O)=O)c1ccc(F)cc1. The summed E-state index contributed by atoms with van der Waals surface area (Å²) in [5.74, 6) is -1.74. The Kier molecular flexibility index (Phi) is 5.01. The third-order valence-corrected chi connectivity index (χ3v) is 6.20. The lowest BCUT2D eigenvalue weighted by Gasteiger charge is -2.24. The number of rotatable bonds is 5. The van der Waals surface area contributed by atoms with Crippen molar-refractivity contribution in [3.8, 4) is 0 Å². The number of fused-ring (bicyclic) bond motifs is 1. The van der Waals surface area contributed by atoms with Crippen LogP contribution in [0.15, 0.2) is 53.4 Å². The van der Waals surface area contributed by atoms with E-state index >= 15 is 0 Å². The Labute approximate surface area is 157 Å². The number of amides is 2. The molecule has 1 atom stereocenters. The minimum Gasteiger partial charge on any atom is -0.347 e. The zero-order chi connectivity index (χ0) is 19.8. The van der Waals surface area contributed by atoms with E-state index in [1.807, 2.05) is 13.8 Å². The lowest BCUT2D eigenvalue weighted by molar-refractivity contribution is -0.122. The maximum Gasteiger partial charge on any atom is 0.269 e. The topological polar surface area (TPSA) is 83.6 Å². The lowest BCUT2D eigenvalue weighted by atomic mass is 9.96. The number of hydrogen-bond acceptors (Lipinski definition) is 4. The fourth-order valence-electron chi connectivity index (χ4n) is 3.04. The van der Waals surface area contributed by atoms with Gasteiger partial charge < -0.3 is 5.32 Å². The first-order valence-electron chi connectivity index (χ1n) is 8.42. The third kappa shape index (κ3) is 3.57. The number of halogens is 1. The summed E-state index contributed by atoms with van der Waals surface area (Å²) in [4.78, 5) is 24.8. The minimum absolute atomic E-state index is 0.0255. The quantitative estimate of drug-likeness (QED) is 0.850. The van der Waals surface area contributed by atoms with Crippen molar-refractivity contribution in [3.05, 3.63) is 65.5 Å². The molecule has 2 aromatic carbocycles. The van der Waals surface area contributed by atoms with Crippen LogP contribution in [0.2, 0.25) is 0 Å². The second kappa shape index (κ2) is 7.11. The van der Waals surface area contributed by atoms with Crippen LogP contribution in [0.4, 0.5) is 4.39 Å². The molecule has 1 N–H and O–H groups in total. The maximum absolute atomic E-state index is 13.1. The molecule has 0 aliphatic carbocycles. The highest BCUT2D eigenvalue weighted by Gasteiger charge is 2.42. The van der Waals surface area contributed by atoms with Crippen molar-refractivity contribution >= 4 is 21.8 Å². The first-order valence-corrected chi connectivity index (χ1v) is 9.86. The number of sulfonamides is 1. The molecule has 142 valence electrons. The molecular weight excluding hydrogens is 371 g/mol. The van der Waals surface area contributed by atoms with E-state index in [2.05, 4.69) is 5.32 Å².